The summed E-state index contributed by atoms with van der Waals surface area (Å²) in [5.74, 6) is 0.231. The van der Waals surface area contributed by atoms with Gasteiger partial charge in [-0.2, -0.15) is 0 Å². The lowest BCUT2D eigenvalue weighted by Gasteiger charge is -2.32. The fraction of sp³-hybridized carbons (Fsp3) is 0.0484. The Kier molecular flexibility index (Phi) is 7.36. The average Bonchev–Trinajstić information content (AvgIpc) is 4.11. The monoisotopic (exact) mass is 859 g/mol. The molecule has 12 aromatic rings. The number of rotatable bonds is 3. The van der Waals surface area contributed by atoms with Crippen LogP contribution in [0.2, 0.25) is 0 Å². The third-order valence-corrected chi connectivity index (χ3v) is 17.3. The highest BCUT2D eigenvalue weighted by Gasteiger charge is 2.55. The first-order valence-electron chi connectivity index (χ1n) is 22.6. The van der Waals surface area contributed by atoms with E-state index in [1.165, 1.54) is 118 Å². The Morgan fingerprint density at radius 1 is 0.446 bits per heavy atom. The first kappa shape index (κ1) is 36.0. The molecule has 3 aliphatic rings. The van der Waals surface area contributed by atoms with E-state index in [4.69, 9.17) is 4.98 Å². The molecule has 0 fully saturated rings. The van der Waals surface area contributed by atoms with E-state index in [9.17, 15) is 0 Å². The zero-order valence-electron chi connectivity index (χ0n) is 35.2. The zero-order valence-corrected chi connectivity index (χ0v) is 36.8. The number of nitrogens with zero attached hydrogens (tertiary/aromatic N) is 1. The topological polar surface area (TPSA) is 12.9 Å². The van der Waals surface area contributed by atoms with E-state index in [1.54, 1.807) is 0 Å². The summed E-state index contributed by atoms with van der Waals surface area (Å²) in [4.78, 5) is 5.70. The van der Waals surface area contributed by atoms with Crippen LogP contribution in [-0.2, 0) is 5.41 Å². The molecule has 302 valence electrons. The largest absolute Gasteiger partial charge is 0.247 e. The van der Waals surface area contributed by atoms with Gasteiger partial charge in [0.05, 0.1) is 16.6 Å². The Hall–Kier alpha value is -7.43. The van der Waals surface area contributed by atoms with E-state index >= 15 is 0 Å². The average molecular weight is 860 g/mol. The number of allylic oxidation sites excluding steroid dienone is 4. The maximum Gasteiger partial charge on any atom is 0.0788 e. The predicted octanol–water partition coefficient (Wildman–Crippen LogP) is 17.4. The van der Waals surface area contributed by atoms with Crippen LogP contribution in [0.25, 0.3) is 107 Å². The van der Waals surface area contributed by atoms with Gasteiger partial charge in [0.1, 0.15) is 0 Å². The molecule has 1 atom stereocenters. The fourth-order valence-electron chi connectivity index (χ4n) is 12.3. The normalized spacial score (nSPS) is 15.6. The van der Waals surface area contributed by atoms with Crippen molar-refractivity contribution in [3.8, 4) is 44.6 Å². The number of benzene rings is 9. The number of para-hydroxylation sites is 1. The lowest BCUT2D eigenvalue weighted by atomic mass is 9.69. The number of thiophene rings is 2. The van der Waals surface area contributed by atoms with E-state index in [2.05, 4.69) is 206 Å². The van der Waals surface area contributed by atoms with Crippen molar-refractivity contribution in [3.63, 3.8) is 0 Å². The molecule has 0 aliphatic heterocycles. The summed E-state index contributed by atoms with van der Waals surface area (Å²) < 4.78 is 5.26. The van der Waals surface area contributed by atoms with Crippen LogP contribution in [0.5, 0.6) is 0 Å². The molecule has 3 aliphatic carbocycles. The molecule has 0 saturated heterocycles. The summed E-state index contributed by atoms with van der Waals surface area (Å²) >= 11 is 3.79. The van der Waals surface area contributed by atoms with Crippen LogP contribution in [0.3, 0.4) is 0 Å². The number of fused-ring (bicyclic) bond motifs is 20. The van der Waals surface area contributed by atoms with Crippen LogP contribution in [0.4, 0.5) is 0 Å². The highest BCUT2D eigenvalue weighted by atomic mass is 32.1. The molecule has 9 aromatic carbocycles. The highest BCUT2D eigenvalue weighted by molar-refractivity contribution is 7.26. The summed E-state index contributed by atoms with van der Waals surface area (Å²) in [6.45, 7) is 0. The Balaban J connectivity index is 1.05. The van der Waals surface area contributed by atoms with Gasteiger partial charge in [0.15, 0.2) is 0 Å². The van der Waals surface area contributed by atoms with Crippen LogP contribution in [-0.4, -0.2) is 4.98 Å². The first-order chi connectivity index (χ1) is 32.2. The second-order valence-electron chi connectivity index (χ2n) is 18.0. The SMILES string of the molecule is C1=CCC2C(=C1)C1(c3ccccc3-c3ccccc31)c1ccc3c(-c4cc(-c5cccc6c5sc5ccccc56)cc(-c5cccc6c5sc5ccccc56)c4)nc4ccccc4c3c12. The van der Waals surface area contributed by atoms with Gasteiger partial charge in [-0.05, 0) is 109 Å². The molecule has 3 heterocycles. The summed E-state index contributed by atoms with van der Waals surface area (Å²) in [6, 6.07) is 70.8. The van der Waals surface area contributed by atoms with Gasteiger partial charge in [-0.25, -0.2) is 4.98 Å². The summed E-state index contributed by atoms with van der Waals surface area (Å²) in [5.41, 5.74) is 17.6. The van der Waals surface area contributed by atoms with Gasteiger partial charge in [-0.15, -0.1) is 22.7 Å². The summed E-state index contributed by atoms with van der Waals surface area (Å²) in [5, 5.41) is 8.99. The molecular weight excluding hydrogens is 823 g/mol. The Morgan fingerprint density at radius 2 is 0.985 bits per heavy atom. The van der Waals surface area contributed by atoms with Crippen molar-refractivity contribution < 1.29 is 0 Å². The second kappa shape index (κ2) is 13.3. The van der Waals surface area contributed by atoms with Crippen molar-refractivity contribution in [1.82, 2.24) is 4.98 Å². The third kappa shape index (κ3) is 4.79. The van der Waals surface area contributed by atoms with E-state index < -0.39 is 0 Å². The Labute approximate surface area is 383 Å². The molecule has 1 unspecified atom stereocenters. The van der Waals surface area contributed by atoms with Gasteiger partial charge in [-0.3, -0.25) is 0 Å². The quantitative estimate of drug-likeness (QED) is 0.161. The molecule has 65 heavy (non-hydrogen) atoms. The molecular formula is C62H37NS2. The maximum atomic E-state index is 5.70. The molecule has 15 rings (SSSR count). The minimum absolute atomic E-state index is 0.231. The van der Waals surface area contributed by atoms with Gasteiger partial charge >= 0.3 is 0 Å². The standard InChI is InChI=1S/C62H37NS2/c1-7-25-50-41(15-1)42-16-2-8-26-51(42)62(50)52-27-9-3-19-47(52)58-53(62)32-31-49-57(58)48-20-4-10-28-54(48)63-59(49)38-34-36(39-21-13-23-45-43-17-5-11-29-55(43)64-60(39)45)33-37(35-38)40-22-14-24-46-44-18-6-12-30-56(44)65-61(40)46/h1-18,20-35,47H,19H2. The van der Waals surface area contributed by atoms with Crippen LogP contribution < -0.4 is 0 Å². The first-order valence-corrected chi connectivity index (χ1v) is 24.3. The van der Waals surface area contributed by atoms with Crippen molar-refractivity contribution in [2.45, 2.75) is 17.8 Å². The van der Waals surface area contributed by atoms with Crippen molar-refractivity contribution in [2.75, 3.05) is 0 Å². The van der Waals surface area contributed by atoms with Gasteiger partial charge in [0.2, 0.25) is 0 Å². The van der Waals surface area contributed by atoms with Gasteiger partial charge in [-0.1, -0.05) is 170 Å². The van der Waals surface area contributed by atoms with E-state index in [-0.39, 0.29) is 11.3 Å². The van der Waals surface area contributed by atoms with Gasteiger partial charge < -0.3 is 0 Å². The Bertz CT molecular complexity index is 3940. The molecule has 3 aromatic heterocycles. The smallest absolute Gasteiger partial charge is 0.0788 e. The summed E-state index contributed by atoms with van der Waals surface area (Å²) in [7, 11) is 0. The van der Waals surface area contributed by atoms with Crippen LogP contribution in [0, 0.1) is 0 Å². The molecule has 0 amide bonds. The second-order valence-corrected chi connectivity index (χ2v) is 20.1. The van der Waals surface area contributed by atoms with Crippen LogP contribution in [0.1, 0.15) is 34.6 Å². The number of pyridine rings is 1. The minimum atomic E-state index is -0.365. The van der Waals surface area contributed by atoms with E-state index in [1.807, 2.05) is 22.7 Å². The van der Waals surface area contributed by atoms with Crippen molar-refractivity contribution in [2.24, 2.45) is 0 Å². The molecule has 0 bridgehead atoms. The van der Waals surface area contributed by atoms with Crippen molar-refractivity contribution in [3.05, 3.63) is 234 Å². The molecule has 0 saturated carbocycles. The zero-order chi connectivity index (χ0) is 42.4. The molecule has 1 spiro atoms. The van der Waals surface area contributed by atoms with E-state index in [0.717, 1.165) is 23.2 Å². The highest BCUT2D eigenvalue weighted by Crippen LogP contribution is 2.66. The van der Waals surface area contributed by atoms with Crippen molar-refractivity contribution >= 4 is 84.7 Å². The lowest BCUT2D eigenvalue weighted by Crippen LogP contribution is -2.27. The maximum absolute atomic E-state index is 5.70. The lowest BCUT2D eigenvalue weighted by molar-refractivity contribution is 0.708. The molecule has 1 nitrogen and oxygen atoms in total. The third-order valence-electron chi connectivity index (χ3n) is 14.8. The van der Waals surface area contributed by atoms with Gasteiger partial charge in [0, 0.05) is 62.6 Å². The van der Waals surface area contributed by atoms with Gasteiger partial charge in [0.25, 0.3) is 0 Å². The van der Waals surface area contributed by atoms with Crippen molar-refractivity contribution in [1.29, 1.82) is 0 Å². The predicted molar refractivity (Wildman–Crippen MR) is 278 cm³/mol. The fourth-order valence-corrected chi connectivity index (χ4v) is 14.8. The molecule has 3 heteroatoms. The number of hydrogen-bond donors (Lipinski definition) is 0. The summed E-state index contributed by atoms with van der Waals surface area (Å²) in [6.07, 6.45) is 8.10. The number of hydrogen-bond acceptors (Lipinski definition) is 3. The number of aromatic nitrogens is 1. The Morgan fingerprint density at radius 3 is 1.65 bits per heavy atom. The van der Waals surface area contributed by atoms with E-state index in [0.29, 0.717) is 0 Å². The molecule has 0 N–H and O–H groups in total. The minimum Gasteiger partial charge on any atom is -0.247 e. The van der Waals surface area contributed by atoms with Crippen LogP contribution >= 0.6 is 22.7 Å². The molecule has 0 radical (unpaired) electrons. The van der Waals surface area contributed by atoms with Crippen LogP contribution in [0.15, 0.2) is 212 Å².